The molecule has 5 rings (SSSR count). The number of piperidine rings is 1. The number of fused-ring (bicyclic) bond motifs is 2. The molecule has 3 heterocycles. The second-order valence-electron chi connectivity index (χ2n) is 8.98. The molecule has 1 saturated carbocycles. The summed E-state index contributed by atoms with van der Waals surface area (Å²) in [7, 11) is 0. The highest BCUT2D eigenvalue weighted by Gasteiger charge is 2.56. The topological polar surface area (TPSA) is 132 Å². The Morgan fingerprint density at radius 2 is 1.97 bits per heavy atom. The van der Waals surface area contributed by atoms with Gasteiger partial charge in [-0.05, 0) is 43.9 Å². The fourth-order valence-corrected chi connectivity index (χ4v) is 4.76. The molecule has 2 aromatic heterocycles. The van der Waals surface area contributed by atoms with Gasteiger partial charge in [-0.1, -0.05) is 6.07 Å². The Balaban J connectivity index is 0.00000336. The zero-order valence-corrected chi connectivity index (χ0v) is 20.5. The van der Waals surface area contributed by atoms with Gasteiger partial charge in [-0.25, -0.2) is 4.39 Å². The number of alkyl halides is 3. The molecule has 10 nitrogen and oxygen atoms in total. The Bertz CT molecular complexity index is 1450. The normalized spacial score (nSPS) is 20.0. The van der Waals surface area contributed by atoms with Crippen LogP contribution in [0.2, 0.25) is 0 Å². The van der Waals surface area contributed by atoms with Gasteiger partial charge < -0.3 is 20.7 Å². The Morgan fingerprint density at radius 3 is 2.66 bits per heavy atom. The number of anilines is 1. The van der Waals surface area contributed by atoms with E-state index in [9.17, 15) is 31.9 Å². The minimum Gasteiger partial charge on any atom is -0.403 e. The van der Waals surface area contributed by atoms with Gasteiger partial charge in [0.1, 0.15) is 12.6 Å². The van der Waals surface area contributed by atoms with Crippen molar-refractivity contribution in [2.24, 2.45) is 11.7 Å². The van der Waals surface area contributed by atoms with E-state index < -0.39 is 47.4 Å². The van der Waals surface area contributed by atoms with E-state index >= 15 is 0 Å². The number of nitrogens with two attached hydrogens (primary N) is 1. The predicted octanol–water partition coefficient (Wildman–Crippen LogP) is 2.93. The van der Waals surface area contributed by atoms with Crippen molar-refractivity contribution in [2.75, 3.05) is 5.32 Å². The van der Waals surface area contributed by atoms with Crippen molar-refractivity contribution in [2.45, 2.75) is 44.8 Å². The van der Waals surface area contributed by atoms with Crippen LogP contribution in [-0.2, 0) is 16.1 Å². The first kappa shape index (κ1) is 27.1. The van der Waals surface area contributed by atoms with Gasteiger partial charge in [0.2, 0.25) is 11.8 Å². The van der Waals surface area contributed by atoms with E-state index in [2.05, 4.69) is 20.1 Å². The number of primary amides is 1. The summed E-state index contributed by atoms with van der Waals surface area (Å²) in [4.78, 5) is 43.7. The monoisotopic (exact) mass is 556 g/mol. The lowest BCUT2D eigenvalue weighted by Crippen LogP contribution is -2.46. The van der Waals surface area contributed by atoms with Gasteiger partial charge in [0.15, 0.2) is 17.3 Å². The summed E-state index contributed by atoms with van der Waals surface area (Å²) in [5.74, 6) is -4.40. The molecule has 1 saturated heterocycles. The Labute approximate surface area is 218 Å². The van der Waals surface area contributed by atoms with Crippen LogP contribution in [0.5, 0.6) is 5.75 Å². The van der Waals surface area contributed by atoms with Gasteiger partial charge in [0.05, 0.1) is 17.4 Å². The summed E-state index contributed by atoms with van der Waals surface area (Å²) in [6.45, 7) is 1.41. The number of nitrogens with zero attached hydrogens (tertiary/aromatic N) is 4. The molecule has 3 N–H and O–H groups in total. The number of halogens is 5. The zero-order valence-electron chi connectivity index (χ0n) is 19.7. The highest BCUT2D eigenvalue weighted by Crippen LogP contribution is 2.48. The highest BCUT2D eigenvalue weighted by atomic mass is 35.5. The third kappa shape index (κ3) is 5.08. The van der Waals surface area contributed by atoms with E-state index in [0.717, 1.165) is 18.2 Å². The summed E-state index contributed by atoms with van der Waals surface area (Å²) < 4.78 is 57.1. The molecular weight excluding hydrogens is 536 g/mol. The number of ether oxygens (including phenoxy) is 1. The largest absolute Gasteiger partial charge is 0.573 e. The maximum Gasteiger partial charge on any atom is 0.573 e. The molecule has 38 heavy (non-hydrogen) atoms. The van der Waals surface area contributed by atoms with Gasteiger partial charge in [0.25, 0.3) is 5.91 Å². The van der Waals surface area contributed by atoms with Crippen LogP contribution in [0, 0.1) is 18.7 Å². The average Bonchev–Trinajstić information content (AvgIpc) is 3.32. The zero-order chi connectivity index (χ0) is 26.6. The lowest BCUT2D eigenvalue weighted by Gasteiger charge is -2.27. The molecule has 202 valence electrons. The lowest BCUT2D eigenvalue weighted by atomic mass is 10.1. The number of carbonyl (C=O) groups excluding carboxylic acids is 3. The number of amides is 3. The minimum atomic E-state index is -5.11. The molecule has 3 aromatic rings. The summed E-state index contributed by atoms with van der Waals surface area (Å²) >= 11 is 0. The maximum atomic E-state index is 14.5. The van der Waals surface area contributed by atoms with Crippen molar-refractivity contribution in [1.82, 2.24) is 19.7 Å². The first-order valence-electron chi connectivity index (χ1n) is 11.2. The van der Waals surface area contributed by atoms with Crippen LogP contribution >= 0.6 is 12.4 Å². The first-order chi connectivity index (χ1) is 17.4. The fraction of sp³-hybridized carbons (Fsp3) is 0.348. The summed E-state index contributed by atoms with van der Waals surface area (Å²) in [5, 5.41) is 6.88. The van der Waals surface area contributed by atoms with Crippen molar-refractivity contribution in [1.29, 1.82) is 0 Å². The number of rotatable bonds is 6. The number of nitrogens with one attached hydrogen (secondary N) is 1. The second-order valence-corrected chi connectivity index (χ2v) is 8.98. The van der Waals surface area contributed by atoms with Crippen molar-refractivity contribution >= 4 is 46.7 Å². The number of carbonyl (C=O) groups is 3. The lowest BCUT2D eigenvalue weighted by molar-refractivity contribution is -0.275. The summed E-state index contributed by atoms with van der Waals surface area (Å²) in [5.41, 5.74) is 5.93. The quantitative estimate of drug-likeness (QED) is 0.449. The second kappa shape index (κ2) is 9.74. The molecule has 0 unspecified atom stereocenters. The van der Waals surface area contributed by atoms with Crippen molar-refractivity contribution < 1.29 is 36.7 Å². The summed E-state index contributed by atoms with van der Waals surface area (Å²) in [6.07, 6.45) is -2.65. The molecule has 15 heteroatoms. The molecule has 3 amide bonds. The van der Waals surface area contributed by atoms with E-state index in [1.54, 1.807) is 13.0 Å². The van der Waals surface area contributed by atoms with E-state index in [-0.39, 0.29) is 36.6 Å². The minimum absolute atomic E-state index is 0. The SMILES string of the molecule is Cc1cc2c(C(N)=O)nn(CC(=O)N3[C@@H]4C[C@@H]4C[C@H]3C(=O)Nc3cccc(OC(F)(F)F)c3F)c2cn1.Cl. The third-order valence-corrected chi connectivity index (χ3v) is 6.43. The standard InChI is InChI=1S/C23H20F4N6O4.ClH/c1-10-5-12-16(8-29-10)32(31-20(12)21(28)35)9-18(34)33-14-6-11(14)7-15(33)22(36)30-13-3-2-4-17(19(13)24)37-23(25,26)27;/h2-5,8,11,14-15H,6-7,9H2,1H3,(H2,28,35)(H,30,36);1H/t11-,14-,15+;/m1./s1. The number of aromatic nitrogens is 3. The Hall–Kier alpha value is -3.94. The van der Waals surface area contributed by atoms with Crippen molar-refractivity contribution in [3.63, 3.8) is 0 Å². The first-order valence-corrected chi connectivity index (χ1v) is 11.2. The van der Waals surface area contributed by atoms with Crippen LogP contribution in [0.4, 0.5) is 23.2 Å². The average molecular weight is 557 g/mol. The van der Waals surface area contributed by atoms with Crippen LogP contribution in [0.1, 0.15) is 29.0 Å². The van der Waals surface area contributed by atoms with Crippen molar-refractivity contribution in [3.05, 3.63) is 47.7 Å². The smallest absolute Gasteiger partial charge is 0.403 e. The molecule has 2 aliphatic rings. The Kier molecular flexibility index (Phi) is 6.95. The number of likely N-dealkylation sites (tertiary alicyclic amines) is 1. The van der Waals surface area contributed by atoms with Gasteiger partial charge >= 0.3 is 6.36 Å². The van der Waals surface area contributed by atoms with Crippen LogP contribution in [0.25, 0.3) is 10.9 Å². The van der Waals surface area contributed by atoms with Crippen LogP contribution < -0.4 is 15.8 Å². The third-order valence-electron chi connectivity index (χ3n) is 6.43. The predicted molar refractivity (Wildman–Crippen MR) is 127 cm³/mol. The van der Waals surface area contributed by atoms with E-state index in [0.29, 0.717) is 29.4 Å². The Morgan fingerprint density at radius 1 is 1.24 bits per heavy atom. The molecule has 1 aliphatic carbocycles. The fourth-order valence-electron chi connectivity index (χ4n) is 4.76. The summed E-state index contributed by atoms with van der Waals surface area (Å²) in [6, 6.07) is 3.42. The van der Waals surface area contributed by atoms with Crippen LogP contribution in [0.15, 0.2) is 30.5 Å². The number of hydrogen-bond acceptors (Lipinski definition) is 6. The molecule has 0 spiro atoms. The van der Waals surface area contributed by atoms with Crippen LogP contribution in [0.3, 0.4) is 0 Å². The van der Waals surface area contributed by atoms with Gasteiger partial charge in [-0.2, -0.15) is 5.10 Å². The number of pyridine rings is 1. The van der Waals surface area contributed by atoms with E-state index in [4.69, 9.17) is 5.73 Å². The van der Waals surface area contributed by atoms with E-state index in [1.165, 1.54) is 15.8 Å². The van der Waals surface area contributed by atoms with Crippen LogP contribution in [-0.4, -0.2) is 55.8 Å². The van der Waals surface area contributed by atoms with Gasteiger partial charge in [-0.3, -0.25) is 24.0 Å². The number of aryl methyl sites for hydroxylation is 1. The molecule has 0 bridgehead atoms. The maximum absolute atomic E-state index is 14.5. The number of hydrogen-bond donors (Lipinski definition) is 2. The molecule has 2 fully saturated rings. The number of benzene rings is 1. The molecular formula is C23H21ClF4N6O4. The highest BCUT2D eigenvalue weighted by molar-refractivity contribution is 6.04. The van der Waals surface area contributed by atoms with Gasteiger partial charge in [-0.15, -0.1) is 25.6 Å². The van der Waals surface area contributed by atoms with Crippen molar-refractivity contribution in [3.8, 4) is 5.75 Å². The molecule has 3 atom stereocenters. The molecule has 0 radical (unpaired) electrons. The molecule has 1 aliphatic heterocycles. The van der Waals surface area contributed by atoms with Gasteiger partial charge in [0, 0.05) is 17.1 Å². The van der Waals surface area contributed by atoms with E-state index in [1.807, 2.05) is 0 Å². The molecule has 1 aromatic carbocycles.